The molecule has 0 unspecified atom stereocenters. The summed E-state index contributed by atoms with van der Waals surface area (Å²) in [4.78, 5) is 19.4. The number of aromatic amines is 1. The molecule has 0 saturated carbocycles. The Morgan fingerprint density at radius 2 is 2.11 bits per heavy atom. The smallest absolute Gasteiger partial charge is 0.236 e. The van der Waals surface area contributed by atoms with Gasteiger partial charge in [-0.05, 0) is 70.7 Å². The average molecular weight is 423 g/mol. The molecular formula is C20H27ClN4O2S. The van der Waals surface area contributed by atoms with E-state index in [1.54, 1.807) is 0 Å². The van der Waals surface area contributed by atoms with Gasteiger partial charge in [0.15, 0.2) is 5.82 Å². The zero-order valence-corrected chi connectivity index (χ0v) is 18.3. The number of halogens is 1. The number of rotatable bonds is 6. The van der Waals surface area contributed by atoms with E-state index in [2.05, 4.69) is 29.0 Å². The molecule has 2 aromatic rings. The van der Waals surface area contributed by atoms with Gasteiger partial charge in [0, 0.05) is 17.1 Å². The first-order valence-electron chi connectivity index (χ1n) is 9.64. The van der Waals surface area contributed by atoms with Crippen molar-refractivity contribution in [3.63, 3.8) is 0 Å². The number of nitrogens with zero attached hydrogens (tertiary/aromatic N) is 3. The van der Waals surface area contributed by atoms with Crippen LogP contribution in [0.4, 0.5) is 0 Å². The van der Waals surface area contributed by atoms with Crippen molar-refractivity contribution >= 4 is 29.3 Å². The van der Waals surface area contributed by atoms with Crippen LogP contribution in [0.5, 0.6) is 5.75 Å². The van der Waals surface area contributed by atoms with Gasteiger partial charge in [0.2, 0.25) is 11.1 Å². The highest BCUT2D eigenvalue weighted by molar-refractivity contribution is 8.00. The van der Waals surface area contributed by atoms with Crippen LogP contribution in [-0.2, 0) is 11.4 Å². The second-order valence-electron chi connectivity index (χ2n) is 7.40. The molecule has 3 atom stereocenters. The highest BCUT2D eigenvalue weighted by Gasteiger charge is 2.32. The molecule has 0 radical (unpaired) electrons. The van der Waals surface area contributed by atoms with Gasteiger partial charge in [-0.2, -0.15) is 0 Å². The standard InChI is InChI=1S/C20H27ClN4O2S/c1-12-10-16(8-9-17(12)21)27-11-18-22-20(24-23-18)28-15(4)19(26)25-13(2)6-5-7-14(25)3/h8-10,13-15H,5-7,11H2,1-4H3,(H,22,23,24)/t13-,14-,15+/m0/s1. The van der Waals surface area contributed by atoms with Crippen LogP contribution in [0.3, 0.4) is 0 Å². The topological polar surface area (TPSA) is 71.1 Å². The summed E-state index contributed by atoms with van der Waals surface area (Å²) < 4.78 is 5.74. The van der Waals surface area contributed by atoms with Crippen LogP contribution >= 0.6 is 23.4 Å². The molecule has 1 N–H and O–H groups in total. The molecule has 1 aromatic heterocycles. The number of nitrogens with one attached hydrogen (secondary N) is 1. The Bertz CT molecular complexity index is 818. The van der Waals surface area contributed by atoms with Crippen molar-refractivity contribution in [3.8, 4) is 5.75 Å². The molecule has 6 nitrogen and oxygen atoms in total. The summed E-state index contributed by atoms with van der Waals surface area (Å²) in [6.07, 6.45) is 3.32. The summed E-state index contributed by atoms with van der Waals surface area (Å²) in [6, 6.07) is 6.10. The van der Waals surface area contributed by atoms with E-state index in [0.717, 1.165) is 24.2 Å². The van der Waals surface area contributed by atoms with Gasteiger partial charge in [-0.15, -0.1) is 5.10 Å². The number of likely N-dealkylation sites (tertiary alicyclic amines) is 1. The summed E-state index contributed by atoms with van der Waals surface area (Å²) >= 11 is 7.41. The van der Waals surface area contributed by atoms with E-state index in [1.807, 2.05) is 36.9 Å². The van der Waals surface area contributed by atoms with E-state index in [1.165, 1.54) is 18.2 Å². The molecule has 1 amide bonds. The largest absolute Gasteiger partial charge is 0.486 e. The number of piperidine rings is 1. The number of carbonyl (C=O) groups excluding carboxylic acids is 1. The lowest BCUT2D eigenvalue weighted by atomic mass is 9.97. The van der Waals surface area contributed by atoms with E-state index >= 15 is 0 Å². The fourth-order valence-corrected chi connectivity index (χ4v) is 4.45. The molecule has 1 aliphatic heterocycles. The van der Waals surface area contributed by atoms with E-state index in [9.17, 15) is 4.79 Å². The number of amides is 1. The van der Waals surface area contributed by atoms with Crippen molar-refractivity contribution in [1.82, 2.24) is 20.1 Å². The second kappa shape index (κ2) is 9.18. The minimum atomic E-state index is -0.230. The molecule has 0 spiro atoms. The third-order valence-electron chi connectivity index (χ3n) is 5.09. The van der Waals surface area contributed by atoms with Crippen LogP contribution in [0.2, 0.25) is 5.02 Å². The number of benzene rings is 1. The molecule has 3 rings (SSSR count). The fraction of sp³-hybridized carbons (Fsp3) is 0.550. The number of hydrogen-bond acceptors (Lipinski definition) is 5. The number of thioether (sulfide) groups is 1. The van der Waals surface area contributed by atoms with Crippen molar-refractivity contribution in [2.75, 3.05) is 0 Å². The fourth-order valence-electron chi connectivity index (χ4n) is 3.53. The molecule has 152 valence electrons. The van der Waals surface area contributed by atoms with Gasteiger partial charge in [0.1, 0.15) is 12.4 Å². The molecular weight excluding hydrogens is 396 g/mol. The maximum absolute atomic E-state index is 12.9. The predicted molar refractivity (Wildman–Crippen MR) is 112 cm³/mol. The monoisotopic (exact) mass is 422 g/mol. The summed E-state index contributed by atoms with van der Waals surface area (Å²) in [5.74, 6) is 1.50. The Morgan fingerprint density at radius 3 is 2.79 bits per heavy atom. The Morgan fingerprint density at radius 1 is 1.39 bits per heavy atom. The summed E-state index contributed by atoms with van der Waals surface area (Å²) in [5, 5.41) is 8.15. The molecule has 1 aromatic carbocycles. The first kappa shape index (κ1) is 21.0. The van der Waals surface area contributed by atoms with Gasteiger partial charge < -0.3 is 9.64 Å². The second-order valence-corrected chi connectivity index (χ2v) is 9.11. The van der Waals surface area contributed by atoms with E-state index in [-0.39, 0.29) is 17.8 Å². The Hall–Kier alpha value is -1.73. The third kappa shape index (κ3) is 5.00. The van der Waals surface area contributed by atoms with Crippen LogP contribution in [0, 0.1) is 6.92 Å². The molecule has 1 fully saturated rings. The average Bonchev–Trinajstić information content (AvgIpc) is 3.09. The molecule has 1 aliphatic rings. The number of hydrogen-bond donors (Lipinski definition) is 1. The minimum Gasteiger partial charge on any atom is -0.486 e. The Balaban J connectivity index is 1.56. The highest BCUT2D eigenvalue weighted by Crippen LogP contribution is 2.28. The zero-order chi connectivity index (χ0) is 20.3. The summed E-state index contributed by atoms with van der Waals surface area (Å²) in [6.45, 7) is 8.39. The van der Waals surface area contributed by atoms with Gasteiger partial charge >= 0.3 is 0 Å². The predicted octanol–water partition coefficient (Wildman–Crippen LogP) is 4.62. The first-order valence-corrected chi connectivity index (χ1v) is 10.9. The summed E-state index contributed by atoms with van der Waals surface area (Å²) in [5.41, 5.74) is 0.960. The summed E-state index contributed by atoms with van der Waals surface area (Å²) in [7, 11) is 0. The van der Waals surface area contributed by atoms with Crippen LogP contribution in [-0.4, -0.2) is 43.3 Å². The lowest BCUT2D eigenvalue weighted by Gasteiger charge is -2.40. The van der Waals surface area contributed by atoms with Crippen molar-refractivity contribution in [1.29, 1.82) is 0 Å². The number of H-pyrrole nitrogens is 1. The SMILES string of the molecule is Cc1cc(OCc2nc(S[C@H](C)C(=O)N3[C@@H](C)CCC[C@@H]3C)n[nH]2)ccc1Cl. The Labute approximate surface area is 175 Å². The van der Waals surface area contributed by atoms with E-state index in [4.69, 9.17) is 16.3 Å². The Kier molecular flexibility index (Phi) is 6.88. The van der Waals surface area contributed by atoms with E-state index in [0.29, 0.717) is 28.1 Å². The molecule has 28 heavy (non-hydrogen) atoms. The molecule has 0 aliphatic carbocycles. The van der Waals surface area contributed by atoms with Crippen LogP contribution < -0.4 is 4.74 Å². The quantitative estimate of drug-likeness (QED) is 0.688. The molecule has 0 bridgehead atoms. The normalized spacial score (nSPS) is 20.8. The maximum atomic E-state index is 12.9. The highest BCUT2D eigenvalue weighted by atomic mass is 35.5. The van der Waals surface area contributed by atoms with Crippen molar-refractivity contribution in [2.45, 2.75) is 76.1 Å². The van der Waals surface area contributed by atoms with Crippen LogP contribution in [0.1, 0.15) is 51.4 Å². The number of ether oxygens (including phenoxy) is 1. The number of carbonyl (C=O) groups is 1. The van der Waals surface area contributed by atoms with Gasteiger partial charge in [-0.25, -0.2) is 4.98 Å². The van der Waals surface area contributed by atoms with Gasteiger partial charge in [0.25, 0.3) is 0 Å². The van der Waals surface area contributed by atoms with Gasteiger partial charge in [-0.1, -0.05) is 23.4 Å². The number of aromatic nitrogens is 3. The van der Waals surface area contributed by atoms with Crippen molar-refractivity contribution < 1.29 is 9.53 Å². The lowest BCUT2D eigenvalue weighted by molar-refractivity contribution is -0.136. The van der Waals surface area contributed by atoms with Crippen LogP contribution in [0.25, 0.3) is 0 Å². The lowest BCUT2D eigenvalue weighted by Crippen LogP contribution is -2.50. The number of aryl methyl sites for hydroxylation is 1. The first-order chi connectivity index (χ1) is 13.3. The molecule has 1 saturated heterocycles. The molecule has 8 heteroatoms. The van der Waals surface area contributed by atoms with Crippen molar-refractivity contribution in [2.24, 2.45) is 0 Å². The minimum absolute atomic E-state index is 0.156. The molecule has 2 heterocycles. The van der Waals surface area contributed by atoms with Crippen molar-refractivity contribution in [3.05, 3.63) is 34.6 Å². The zero-order valence-electron chi connectivity index (χ0n) is 16.7. The maximum Gasteiger partial charge on any atom is 0.236 e. The van der Waals surface area contributed by atoms with Gasteiger partial charge in [0.05, 0.1) is 5.25 Å². The van der Waals surface area contributed by atoms with Crippen LogP contribution in [0.15, 0.2) is 23.4 Å². The van der Waals surface area contributed by atoms with E-state index < -0.39 is 0 Å². The third-order valence-corrected chi connectivity index (χ3v) is 6.47. The van der Waals surface area contributed by atoms with Gasteiger partial charge in [-0.3, -0.25) is 9.89 Å².